The molecule has 0 unspecified atom stereocenters. The maximum Gasteiger partial charge on any atom is 0.151 e. The summed E-state index contributed by atoms with van der Waals surface area (Å²) >= 11 is 0. The average Bonchev–Trinajstić information content (AvgIpc) is 2.87. The van der Waals surface area contributed by atoms with Crippen LogP contribution in [0, 0.1) is 5.92 Å². The summed E-state index contributed by atoms with van der Waals surface area (Å²) in [5.41, 5.74) is 1.38. The first-order valence-corrected chi connectivity index (χ1v) is 9.40. The molecular weight excluding hydrogens is 270 g/mol. The van der Waals surface area contributed by atoms with Crippen LogP contribution in [0.4, 0.5) is 0 Å². The molecule has 2 atom stereocenters. The van der Waals surface area contributed by atoms with Crippen molar-refractivity contribution in [2.45, 2.75) is 38.6 Å². The van der Waals surface area contributed by atoms with Crippen LogP contribution in [-0.2, 0) is 16.3 Å². The van der Waals surface area contributed by atoms with Gasteiger partial charge in [-0.1, -0.05) is 43.7 Å². The number of hydrogen-bond acceptors (Lipinski definition) is 3. The van der Waals surface area contributed by atoms with E-state index in [1.807, 2.05) is 6.07 Å². The predicted molar refractivity (Wildman–Crippen MR) is 83.6 cm³/mol. The number of nitrogens with one attached hydrogen (secondary N) is 1. The van der Waals surface area contributed by atoms with E-state index in [9.17, 15) is 8.42 Å². The Kier molecular flexibility index (Phi) is 5.61. The highest BCUT2D eigenvalue weighted by molar-refractivity contribution is 7.91. The summed E-state index contributed by atoms with van der Waals surface area (Å²) in [5.74, 6) is 1.15. The Morgan fingerprint density at radius 3 is 2.65 bits per heavy atom. The van der Waals surface area contributed by atoms with E-state index in [4.69, 9.17) is 0 Å². The smallest absolute Gasteiger partial charge is 0.151 e. The molecule has 0 amide bonds. The Labute approximate surface area is 122 Å². The standard InChI is InChI=1S/C16H25NO2S/c1-2-20(18,19)12-11-17-16-10-6-9-15(16)13-14-7-4-3-5-8-14/h3-5,7-8,15-17H,2,6,9-13H2,1H3/t15-,16+/m1/s1. The summed E-state index contributed by atoms with van der Waals surface area (Å²) in [5, 5.41) is 3.46. The zero-order valence-electron chi connectivity index (χ0n) is 12.2. The van der Waals surface area contributed by atoms with Crippen molar-refractivity contribution in [2.75, 3.05) is 18.1 Å². The van der Waals surface area contributed by atoms with Crippen molar-refractivity contribution in [2.24, 2.45) is 5.92 Å². The topological polar surface area (TPSA) is 46.2 Å². The minimum atomic E-state index is -2.85. The van der Waals surface area contributed by atoms with Crippen molar-refractivity contribution < 1.29 is 8.42 Å². The van der Waals surface area contributed by atoms with E-state index < -0.39 is 9.84 Å². The van der Waals surface area contributed by atoms with Crippen LogP contribution in [0.2, 0.25) is 0 Å². The molecule has 3 nitrogen and oxygen atoms in total. The molecule has 1 aliphatic carbocycles. The average molecular weight is 295 g/mol. The van der Waals surface area contributed by atoms with Crippen molar-refractivity contribution in [1.29, 1.82) is 0 Å². The van der Waals surface area contributed by atoms with Crippen molar-refractivity contribution in [3.05, 3.63) is 35.9 Å². The molecule has 1 saturated carbocycles. The lowest BCUT2D eigenvalue weighted by Crippen LogP contribution is -2.36. The molecule has 0 bridgehead atoms. The van der Waals surface area contributed by atoms with Gasteiger partial charge < -0.3 is 5.32 Å². The molecule has 20 heavy (non-hydrogen) atoms. The van der Waals surface area contributed by atoms with Gasteiger partial charge in [0.25, 0.3) is 0 Å². The summed E-state index contributed by atoms with van der Waals surface area (Å²) in [6, 6.07) is 11.0. The van der Waals surface area contributed by atoms with Crippen LogP contribution in [0.1, 0.15) is 31.7 Å². The van der Waals surface area contributed by atoms with Crippen LogP contribution in [0.5, 0.6) is 0 Å². The summed E-state index contributed by atoms with van der Waals surface area (Å²) in [7, 11) is -2.85. The normalized spacial score (nSPS) is 23.1. The first kappa shape index (κ1) is 15.5. The second-order valence-electron chi connectivity index (χ2n) is 5.68. The van der Waals surface area contributed by atoms with E-state index in [1.165, 1.54) is 24.8 Å². The molecule has 1 N–H and O–H groups in total. The number of sulfone groups is 1. The monoisotopic (exact) mass is 295 g/mol. The zero-order chi connectivity index (χ0) is 14.4. The summed E-state index contributed by atoms with van der Waals surface area (Å²) < 4.78 is 23.0. The Balaban J connectivity index is 1.82. The van der Waals surface area contributed by atoms with E-state index >= 15 is 0 Å². The third kappa shape index (κ3) is 4.60. The van der Waals surface area contributed by atoms with Gasteiger partial charge in [0, 0.05) is 18.3 Å². The Bertz CT molecular complexity index is 498. The maximum absolute atomic E-state index is 11.5. The molecule has 1 fully saturated rings. The minimum Gasteiger partial charge on any atom is -0.313 e. The van der Waals surface area contributed by atoms with Crippen molar-refractivity contribution in [3.8, 4) is 0 Å². The number of hydrogen-bond donors (Lipinski definition) is 1. The maximum atomic E-state index is 11.5. The first-order chi connectivity index (χ1) is 9.61. The van der Waals surface area contributed by atoms with Gasteiger partial charge in [-0.15, -0.1) is 0 Å². The molecule has 112 valence electrons. The van der Waals surface area contributed by atoms with Crippen molar-refractivity contribution >= 4 is 9.84 Å². The second-order valence-corrected chi connectivity index (χ2v) is 8.15. The van der Waals surface area contributed by atoms with Gasteiger partial charge in [0.15, 0.2) is 9.84 Å². The highest BCUT2D eigenvalue weighted by Crippen LogP contribution is 2.28. The molecule has 0 radical (unpaired) electrons. The lowest BCUT2D eigenvalue weighted by Gasteiger charge is -2.21. The third-order valence-corrected chi connectivity index (χ3v) is 5.96. The molecule has 0 saturated heterocycles. The molecule has 2 rings (SSSR count). The molecule has 4 heteroatoms. The van der Waals surface area contributed by atoms with Crippen LogP contribution in [0.25, 0.3) is 0 Å². The van der Waals surface area contributed by atoms with E-state index in [0.717, 1.165) is 6.42 Å². The van der Waals surface area contributed by atoms with Crippen molar-refractivity contribution in [1.82, 2.24) is 5.32 Å². The van der Waals surface area contributed by atoms with Crippen LogP contribution in [0.3, 0.4) is 0 Å². The van der Waals surface area contributed by atoms with Gasteiger partial charge in [-0.05, 0) is 30.7 Å². The first-order valence-electron chi connectivity index (χ1n) is 7.58. The molecule has 0 heterocycles. The van der Waals surface area contributed by atoms with E-state index in [2.05, 4.69) is 29.6 Å². The second kappa shape index (κ2) is 7.23. The Hall–Kier alpha value is -0.870. The Morgan fingerprint density at radius 2 is 1.95 bits per heavy atom. The summed E-state index contributed by atoms with van der Waals surface area (Å²) in [4.78, 5) is 0. The molecule has 0 aromatic heterocycles. The van der Waals surface area contributed by atoms with E-state index in [1.54, 1.807) is 6.92 Å². The quantitative estimate of drug-likeness (QED) is 0.840. The largest absolute Gasteiger partial charge is 0.313 e. The van der Waals surface area contributed by atoms with Gasteiger partial charge in [0.2, 0.25) is 0 Å². The SMILES string of the molecule is CCS(=O)(=O)CCN[C@H]1CCC[C@@H]1Cc1ccccc1. The summed E-state index contributed by atoms with van der Waals surface area (Å²) in [6.07, 6.45) is 4.76. The van der Waals surface area contributed by atoms with Crippen LogP contribution in [0.15, 0.2) is 30.3 Å². The van der Waals surface area contributed by atoms with Crippen molar-refractivity contribution in [3.63, 3.8) is 0 Å². The van der Waals surface area contributed by atoms with Gasteiger partial charge >= 0.3 is 0 Å². The van der Waals surface area contributed by atoms with Crippen LogP contribution < -0.4 is 5.32 Å². The van der Waals surface area contributed by atoms with Crippen LogP contribution in [-0.4, -0.2) is 32.5 Å². The van der Waals surface area contributed by atoms with E-state index in [0.29, 0.717) is 18.5 Å². The lowest BCUT2D eigenvalue weighted by atomic mass is 9.95. The Morgan fingerprint density at radius 1 is 1.20 bits per heavy atom. The third-order valence-electron chi connectivity index (χ3n) is 4.26. The van der Waals surface area contributed by atoms with Gasteiger partial charge in [0.1, 0.15) is 0 Å². The fraction of sp³-hybridized carbons (Fsp3) is 0.625. The minimum absolute atomic E-state index is 0.243. The highest BCUT2D eigenvalue weighted by Gasteiger charge is 2.27. The lowest BCUT2D eigenvalue weighted by molar-refractivity contribution is 0.406. The van der Waals surface area contributed by atoms with E-state index in [-0.39, 0.29) is 11.5 Å². The molecule has 0 spiro atoms. The van der Waals surface area contributed by atoms with Gasteiger partial charge in [0.05, 0.1) is 5.75 Å². The fourth-order valence-electron chi connectivity index (χ4n) is 3.01. The molecule has 1 aromatic carbocycles. The molecule has 1 aromatic rings. The molecular formula is C16H25NO2S. The number of benzene rings is 1. The van der Waals surface area contributed by atoms with Gasteiger partial charge in [-0.3, -0.25) is 0 Å². The highest BCUT2D eigenvalue weighted by atomic mass is 32.2. The molecule has 1 aliphatic rings. The zero-order valence-corrected chi connectivity index (χ0v) is 13.0. The predicted octanol–water partition coefficient (Wildman–Crippen LogP) is 2.42. The van der Waals surface area contributed by atoms with Gasteiger partial charge in [-0.25, -0.2) is 8.42 Å². The summed E-state index contributed by atoms with van der Waals surface area (Å²) in [6.45, 7) is 2.30. The van der Waals surface area contributed by atoms with Gasteiger partial charge in [-0.2, -0.15) is 0 Å². The van der Waals surface area contributed by atoms with Crippen LogP contribution >= 0.6 is 0 Å². The number of rotatable bonds is 7. The fourth-order valence-corrected chi connectivity index (χ4v) is 3.73. The molecule has 0 aliphatic heterocycles.